The zero-order valence-corrected chi connectivity index (χ0v) is 25.6. The van der Waals surface area contributed by atoms with Crippen LogP contribution in [0.1, 0.15) is 83.3 Å². The van der Waals surface area contributed by atoms with Crippen molar-refractivity contribution in [3.8, 4) is 23.0 Å². The fraction of sp³-hybridized carbons (Fsp3) is 0.314. The average Bonchev–Trinajstić information content (AvgIpc) is 2.92. The maximum atomic E-state index is 12.1. The molecule has 0 bridgehead atoms. The largest absolute Gasteiger partial charge is 0.429 e. The van der Waals surface area contributed by atoms with Gasteiger partial charge in [0, 0.05) is 28.9 Å². The van der Waals surface area contributed by atoms with E-state index in [2.05, 4.69) is 26.3 Å². The van der Waals surface area contributed by atoms with Gasteiger partial charge in [-0.1, -0.05) is 25.3 Å². The standard InChI is InChI=1S/C31H32O8.C4H8/c1-18(2)29(33)37-26-12-23(11-25(15-26)36-17-32)21-7-9-22(10-8-21)24-13-27(38-30(34)19(3)4)16-28(14-24)39-31(35)20(5)6;1-4(2)3/h11-17,21-22H,1,3,5,7-10H2,2,4,6H3;1H2,2-3H3. The number of benzene rings is 2. The Labute approximate surface area is 253 Å². The molecule has 2 aromatic rings. The first-order chi connectivity index (χ1) is 20.2. The third-order valence-corrected chi connectivity index (χ3v) is 6.34. The number of allylic oxidation sites excluding steroid dienone is 1. The summed E-state index contributed by atoms with van der Waals surface area (Å²) in [7, 11) is 0. The first-order valence-electron chi connectivity index (χ1n) is 13.9. The Bertz CT molecular complexity index is 1370. The van der Waals surface area contributed by atoms with Crippen molar-refractivity contribution in [2.24, 2.45) is 0 Å². The van der Waals surface area contributed by atoms with Crippen molar-refractivity contribution in [1.82, 2.24) is 0 Å². The summed E-state index contributed by atoms with van der Waals surface area (Å²) < 4.78 is 21.3. The summed E-state index contributed by atoms with van der Waals surface area (Å²) in [5, 5.41) is 0. The summed E-state index contributed by atoms with van der Waals surface area (Å²) in [5.41, 5.74) is 3.67. The van der Waals surface area contributed by atoms with Crippen molar-refractivity contribution in [2.45, 2.75) is 72.1 Å². The summed E-state index contributed by atoms with van der Waals surface area (Å²) in [5.74, 6) is -0.401. The predicted octanol–water partition coefficient (Wildman–Crippen LogP) is 7.69. The lowest BCUT2D eigenvalue weighted by molar-refractivity contribution is -0.131. The highest BCUT2D eigenvalue weighted by Crippen LogP contribution is 2.43. The molecule has 1 fully saturated rings. The van der Waals surface area contributed by atoms with E-state index in [1.165, 1.54) is 17.7 Å². The Hall–Kier alpha value is -4.72. The highest BCUT2D eigenvalue weighted by molar-refractivity contribution is 5.90. The monoisotopic (exact) mass is 588 g/mol. The van der Waals surface area contributed by atoms with Crippen molar-refractivity contribution in [2.75, 3.05) is 0 Å². The van der Waals surface area contributed by atoms with Crippen LogP contribution in [-0.2, 0) is 19.2 Å². The molecule has 0 aromatic heterocycles. The fourth-order valence-corrected chi connectivity index (χ4v) is 4.30. The van der Waals surface area contributed by atoms with Crippen LogP contribution in [0.3, 0.4) is 0 Å². The minimum absolute atomic E-state index is 0.113. The van der Waals surface area contributed by atoms with Gasteiger partial charge in [0.05, 0.1) is 0 Å². The number of hydrogen-bond acceptors (Lipinski definition) is 8. The molecule has 0 amide bonds. The van der Waals surface area contributed by atoms with E-state index in [-0.39, 0.29) is 51.6 Å². The molecule has 0 N–H and O–H groups in total. The normalized spacial score (nSPS) is 15.5. The highest BCUT2D eigenvalue weighted by atomic mass is 16.6. The van der Waals surface area contributed by atoms with E-state index in [0.717, 1.165) is 36.8 Å². The van der Waals surface area contributed by atoms with E-state index in [0.29, 0.717) is 6.47 Å². The molecule has 0 aliphatic heterocycles. The number of carbonyl (C=O) groups is 4. The van der Waals surface area contributed by atoms with E-state index in [9.17, 15) is 19.2 Å². The first kappa shape index (κ1) is 34.5. The zero-order chi connectivity index (χ0) is 32.3. The summed E-state index contributed by atoms with van der Waals surface area (Å²) in [4.78, 5) is 47.2. The van der Waals surface area contributed by atoms with Crippen molar-refractivity contribution >= 4 is 24.4 Å². The first-order valence-corrected chi connectivity index (χ1v) is 13.9. The van der Waals surface area contributed by atoms with Crippen LogP contribution >= 0.6 is 0 Å². The number of esters is 3. The van der Waals surface area contributed by atoms with Gasteiger partial charge in [-0.2, -0.15) is 0 Å². The molecule has 8 heteroatoms. The molecule has 228 valence electrons. The summed E-state index contributed by atoms with van der Waals surface area (Å²) in [6, 6.07) is 10.1. The van der Waals surface area contributed by atoms with Crippen molar-refractivity contribution in [1.29, 1.82) is 0 Å². The molecule has 3 rings (SSSR count). The molecular weight excluding hydrogens is 548 g/mol. The molecule has 1 aliphatic rings. The smallest absolute Gasteiger partial charge is 0.338 e. The molecule has 1 saturated carbocycles. The predicted molar refractivity (Wildman–Crippen MR) is 165 cm³/mol. The van der Waals surface area contributed by atoms with E-state index in [1.807, 2.05) is 13.8 Å². The Kier molecular flexibility index (Phi) is 12.9. The van der Waals surface area contributed by atoms with Gasteiger partial charge in [-0.3, -0.25) is 4.79 Å². The minimum atomic E-state index is -0.575. The Morgan fingerprint density at radius 3 is 1.14 bits per heavy atom. The second-order valence-corrected chi connectivity index (χ2v) is 11.0. The molecule has 43 heavy (non-hydrogen) atoms. The minimum Gasteiger partial charge on any atom is -0.429 e. The average molecular weight is 589 g/mol. The number of carbonyl (C=O) groups excluding carboxylic acids is 4. The third-order valence-electron chi connectivity index (χ3n) is 6.34. The van der Waals surface area contributed by atoms with Crippen LogP contribution < -0.4 is 18.9 Å². The van der Waals surface area contributed by atoms with Crippen LogP contribution in [0.2, 0.25) is 0 Å². The van der Waals surface area contributed by atoms with Gasteiger partial charge >= 0.3 is 17.9 Å². The molecule has 0 atom stereocenters. The van der Waals surface area contributed by atoms with E-state index >= 15 is 0 Å². The van der Waals surface area contributed by atoms with Gasteiger partial charge in [-0.05, 0) is 108 Å². The van der Waals surface area contributed by atoms with Gasteiger partial charge < -0.3 is 18.9 Å². The van der Waals surface area contributed by atoms with E-state index in [1.54, 1.807) is 45.0 Å². The highest BCUT2D eigenvalue weighted by Gasteiger charge is 2.26. The number of hydrogen-bond donors (Lipinski definition) is 0. The van der Waals surface area contributed by atoms with Gasteiger partial charge in [0.2, 0.25) is 0 Å². The molecule has 0 heterocycles. The molecule has 0 radical (unpaired) electrons. The lowest BCUT2D eigenvalue weighted by Gasteiger charge is -2.30. The number of rotatable bonds is 10. The van der Waals surface area contributed by atoms with Gasteiger partial charge in [0.1, 0.15) is 23.0 Å². The van der Waals surface area contributed by atoms with Crippen LogP contribution in [0.5, 0.6) is 23.0 Å². The maximum Gasteiger partial charge on any atom is 0.338 e. The third kappa shape index (κ3) is 11.2. The molecule has 2 aromatic carbocycles. The Morgan fingerprint density at radius 1 is 0.581 bits per heavy atom. The van der Waals surface area contributed by atoms with Gasteiger partial charge in [-0.15, -0.1) is 6.58 Å². The van der Waals surface area contributed by atoms with Crippen molar-refractivity contribution in [3.05, 3.63) is 96.1 Å². The molecule has 0 saturated heterocycles. The zero-order valence-electron chi connectivity index (χ0n) is 25.6. The molecule has 8 nitrogen and oxygen atoms in total. The van der Waals surface area contributed by atoms with Crippen molar-refractivity contribution < 1.29 is 38.1 Å². The molecule has 0 spiro atoms. The van der Waals surface area contributed by atoms with E-state index < -0.39 is 17.9 Å². The van der Waals surface area contributed by atoms with Crippen LogP contribution in [0.25, 0.3) is 0 Å². The van der Waals surface area contributed by atoms with Gasteiger partial charge in [0.15, 0.2) is 0 Å². The Balaban J connectivity index is 0.00000151. The lowest BCUT2D eigenvalue weighted by Crippen LogP contribution is -2.15. The summed E-state index contributed by atoms with van der Waals surface area (Å²) in [6.45, 7) is 23.3. The quantitative estimate of drug-likeness (QED) is 0.0914. The second-order valence-electron chi connectivity index (χ2n) is 11.0. The van der Waals surface area contributed by atoms with Crippen LogP contribution in [0.4, 0.5) is 0 Å². The maximum absolute atomic E-state index is 12.1. The van der Waals surface area contributed by atoms with Crippen LogP contribution in [0.15, 0.2) is 85.0 Å². The molecular formula is C35H40O8. The topological polar surface area (TPSA) is 105 Å². The van der Waals surface area contributed by atoms with Crippen LogP contribution in [-0.4, -0.2) is 24.4 Å². The van der Waals surface area contributed by atoms with Crippen molar-refractivity contribution in [3.63, 3.8) is 0 Å². The summed E-state index contributed by atoms with van der Waals surface area (Å²) >= 11 is 0. The Morgan fingerprint density at radius 2 is 0.860 bits per heavy atom. The molecule has 1 aliphatic carbocycles. The van der Waals surface area contributed by atoms with E-state index in [4.69, 9.17) is 18.9 Å². The fourth-order valence-electron chi connectivity index (χ4n) is 4.30. The van der Waals surface area contributed by atoms with Gasteiger partial charge in [-0.25, -0.2) is 14.4 Å². The second kappa shape index (κ2) is 16.1. The van der Waals surface area contributed by atoms with Crippen LogP contribution in [0, 0.1) is 0 Å². The molecule has 0 unspecified atom stereocenters. The number of ether oxygens (including phenoxy) is 4. The summed E-state index contributed by atoms with van der Waals surface area (Å²) in [6.07, 6.45) is 3.16. The lowest BCUT2D eigenvalue weighted by atomic mass is 9.76. The van der Waals surface area contributed by atoms with Gasteiger partial charge in [0.25, 0.3) is 6.47 Å². The SMILES string of the molecule is C=C(C)C.C=C(C)C(=O)Oc1cc(OC=O)cc(C2CCC(c3cc(OC(=O)C(=C)C)cc(OC(=O)C(=C)C)c3)CC2)c1.